The zero-order valence-corrected chi connectivity index (χ0v) is 24.7. The Kier molecular flexibility index (Phi) is 29.8. The Morgan fingerprint density at radius 3 is 1.21 bits per heavy atom. The van der Waals surface area contributed by atoms with Gasteiger partial charge in [0.15, 0.2) is 32.1 Å². The highest BCUT2D eigenvalue weighted by Crippen LogP contribution is 2.00. The first-order valence-electron chi connectivity index (χ1n) is 10.4. The van der Waals surface area contributed by atoms with Gasteiger partial charge in [-0.05, 0) is 60.6 Å². The van der Waals surface area contributed by atoms with Crippen LogP contribution >= 0.6 is 0 Å². The highest BCUT2D eigenvalue weighted by atomic mass is 32.2. The second-order valence-electron chi connectivity index (χ2n) is 6.32. The first-order valence-corrected chi connectivity index (χ1v) is 13.9. The molecule has 0 bridgehead atoms. The van der Waals surface area contributed by atoms with Crippen LogP contribution in [0.15, 0.2) is 32.4 Å². The lowest BCUT2D eigenvalue weighted by atomic mass is 10.3. The van der Waals surface area contributed by atoms with E-state index in [0.717, 1.165) is 5.57 Å². The molecule has 2 N–H and O–H groups in total. The van der Waals surface area contributed by atoms with E-state index in [1.165, 1.54) is 26.0 Å². The number of carboxylic acid groups (broad SMARTS) is 2. The van der Waals surface area contributed by atoms with Crippen molar-refractivity contribution in [1.82, 2.24) is 0 Å². The highest BCUT2D eigenvalue weighted by Gasteiger charge is 2.09. The standard InChI is InChI=1S/C6H10O4S2.C5H10O3.C5H10O2S.C3H4O3.CH2O3/c1-5(11(7)8)3-4-6(2)12(9)10;1-3-7-5(6)8-4-2;1-4(2)5(3)8(6)7;4-3-5-1-2-6-3;2-1(3)4/h3-4,11-12H,1-2H3;3-4H2,1-2H3;8H,1-3H3;1-2H2;(H2,2,3,4). The second kappa shape index (κ2) is 26.9. The van der Waals surface area contributed by atoms with Gasteiger partial charge in [-0.2, -0.15) is 0 Å². The van der Waals surface area contributed by atoms with Crippen LogP contribution in [0.25, 0.3) is 0 Å². The molecule has 1 heterocycles. The molecule has 0 radical (unpaired) electrons. The minimum atomic E-state index is -2.59. The predicted molar refractivity (Wildman–Crippen MR) is 139 cm³/mol. The van der Waals surface area contributed by atoms with Crippen molar-refractivity contribution in [3.05, 3.63) is 32.4 Å². The van der Waals surface area contributed by atoms with Gasteiger partial charge in [-0.15, -0.1) is 0 Å². The third-order valence-corrected chi connectivity index (χ3v) is 5.63. The number of hydrogen-bond acceptors (Lipinski definition) is 13. The Morgan fingerprint density at radius 2 is 1.08 bits per heavy atom. The van der Waals surface area contributed by atoms with Gasteiger partial charge in [0.25, 0.3) is 0 Å². The highest BCUT2D eigenvalue weighted by molar-refractivity contribution is 7.77. The van der Waals surface area contributed by atoms with Crippen LogP contribution < -0.4 is 0 Å². The molecule has 0 amide bonds. The SMILES string of the molecule is CC(=CC=C(C)[SH](=O)=O)[SH](=O)=O.CC(C)=C(C)[SH](=O)=O.CCOC(=O)OCC.O=C(O)O.O=C1OCCO1. The molecule has 0 aromatic heterocycles. The van der Waals surface area contributed by atoms with Gasteiger partial charge in [0, 0.05) is 14.7 Å². The van der Waals surface area contributed by atoms with Crippen LogP contribution in [0.5, 0.6) is 0 Å². The Labute approximate surface area is 226 Å². The molecule has 1 saturated heterocycles. The van der Waals surface area contributed by atoms with Crippen LogP contribution in [0.3, 0.4) is 0 Å². The van der Waals surface area contributed by atoms with Gasteiger partial charge >= 0.3 is 18.5 Å². The molecular formula is C20H36O15S3. The summed E-state index contributed by atoms with van der Waals surface area (Å²) >= 11 is 0. The minimum Gasteiger partial charge on any atom is -0.450 e. The molecule has 0 spiro atoms. The molecule has 1 fully saturated rings. The van der Waals surface area contributed by atoms with Gasteiger partial charge < -0.3 is 29.2 Å². The second-order valence-corrected chi connectivity index (χ2v) is 9.94. The largest absolute Gasteiger partial charge is 0.508 e. The lowest BCUT2D eigenvalue weighted by Gasteiger charge is -1.98. The Morgan fingerprint density at radius 1 is 0.763 bits per heavy atom. The number of rotatable bonds is 6. The molecule has 18 heteroatoms. The fraction of sp³-hybridized carbons (Fsp3) is 0.550. The van der Waals surface area contributed by atoms with Crippen LogP contribution in [0.2, 0.25) is 0 Å². The molecule has 0 unspecified atom stereocenters. The molecule has 0 aliphatic carbocycles. The average molecular weight is 613 g/mol. The molecule has 0 aromatic carbocycles. The van der Waals surface area contributed by atoms with Crippen molar-refractivity contribution < 1.29 is 68.8 Å². The van der Waals surface area contributed by atoms with E-state index in [4.69, 9.17) is 15.0 Å². The van der Waals surface area contributed by atoms with Crippen molar-refractivity contribution in [2.45, 2.75) is 48.5 Å². The van der Waals surface area contributed by atoms with Gasteiger partial charge in [0.1, 0.15) is 13.2 Å². The number of hydrogen-bond donors (Lipinski definition) is 5. The molecule has 38 heavy (non-hydrogen) atoms. The van der Waals surface area contributed by atoms with Crippen LogP contribution in [0, 0.1) is 0 Å². The zero-order chi connectivity index (χ0) is 30.8. The van der Waals surface area contributed by atoms with Crippen molar-refractivity contribution in [3.8, 4) is 0 Å². The number of carbonyl (C=O) groups is 3. The third-order valence-electron chi connectivity index (χ3n) is 3.19. The number of carbonyl (C=O) groups excluding carboxylic acids is 2. The van der Waals surface area contributed by atoms with Gasteiger partial charge in [-0.1, -0.05) is 5.57 Å². The summed E-state index contributed by atoms with van der Waals surface area (Å²) in [6.07, 6.45) is -0.455. The van der Waals surface area contributed by atoms with Crippen LogP contribution in [-0.2, 0) is 51.1 Å². The molecule has 0 atom stereocenters. The van der Waals surface area contributed by atoms with Crippen LogP contribution in [0.1, 0.15) is 48.5 Å². The molecule has 15 nitrogen and oxygen atoms in total. The van der Waals surface area contributed by atoms with Crippen molar-refractivity contribution in [3.63, 3.8) is 0 Å². The van der Waals surface area contributed by atoms with E-state index in [9.17, 15) is 34.8 Å². The van der Waals surface area contributed by atoms with Gasteiger partial charge in [0.2, 0.25) is 0 Å². The third kappa shape index (κ3) is 35.0. The Bertz CT molecular complexity index is 962. The number of allylic oxidation sites excluding steroid dienone is 6. The van der Waals surface area contributed by atoms with E-state index in [2.05, 4.69) is 18.9 Å². The number of ether oxygens (including phenoxy) is 4. The smallest absolute Gasteiger partial charge is 0.450 e. The van der Waals surface area contributed by atoms with Gasteiger partial charge in [-0.3, -0.25) is 0 Å². The molecule has 224 valence electrons. The Hall–Kier alpha value is -3.12. The van der Waals surface area contributed by atoms with E-state index >= 15 is 0 Å². The fourth-order valence-corrected chi connectivity index (χ4v) is 1.87. The van der Waals surface area contributed by atoms with Gasteiger partial charge in [0.05, 0.1) is 13.2 Å². The minimum absolute atomic E-state index is 0.140. The molecule has 0 aromatic rings. The quantitative estimate of drug-likeness (QED) is 0.165. The maximum Gasteiger partial charge on any atom is 0.508 e. The zero-order valence-electron chi connectivity index (χ0n) is 22.0. The summed E-state index contributed by atoms with van der Waals surface area (Å²) in [6.45, 7) is 13.0. The van der Waals surface area contributed by atoms with Crippen LogP contribution in [-0.4, -0.2) is 80.4 Å². The average Bonchev–Trinajstić information content (AvgIpc) is 3.28. The molecule has 0 saturated carbocycles. The topological polar surface area (TPSA) is 231 Å². The van der Waals surface area contributed by atoms with E-state index in [-0.39, 0.29) is 9.81 Å². The van der Waals surface area contributed by atoms with E-state index in [1.54, 1.807) is 34.6 Å². The fourth-order valence-electron chi connectivity index (χ4n) is 1.11. The molecular weight excluding hydrogens is 576 g/mol. The summed E-state index contributed by atoms with van der Waals surface area (Å²) in [4.78, 5) is 29.3. The lowest BCUT2D eigenvalue weighted by molar-refractivity contribution is 0.0630. The van der Waals surface area contributed by atoms with Crippen molar-refractivity contribution in [2.24, 2.45) is 0 Å². The van der Waals surface area contributed by atoms with Crippen LogP contribution in [0.4, 0.5) is 14.4 Å². The van der Waals surface area contributed by atoms with E-state index in [1.807, 2.05) is 0 Å². The Balaban J connectivity index is -0.000000198. The first-order chi connectivity index (χ1) is 17.4. The predicted octanol–water partition coefficient (Wildman–Crippen LogP) is 2.48. The summed E-state index contributed by atoms with van der Waals surface area (Å²) in [6, 6.07) is 0. The summed E-state index contributed by atoms with van der Waals surface area (Å²) in [7, 11) is -7.51. The monoisotopic (exact) mass is 612 g/mol. The maximum absolute atomic E-state index is 10.3. The summed E-state index contributed by atoms with van der Waals surface area (Å²) in [5.74, 6) is 0. The normalized spacial score (nSPS) is 12.0. The van der Waals surface area contributed by atoms with Crippen molar-refractivity contribution in [1.29, 1.82) is 0 Å². The molecule has 1 aliphatic heterocycles. The summed E-state index contributed by atoms with van der Waals surface area (Å²) in [5, 5.41) is 13.9. The first kappa shape index (κ1) is 42.0. The van der Waals surface area contributed by atoms with Crippen molar-refractivity contribution >= 4 is 50.6 Å². The lowest BCUT2D eigenvalue weighted by Crippen LogP contribution is -2.05. The van der Waals surface area contributed by atoms with E-state index < -0.39 is 50.6 Å². The molecule has 1 aliphatic rings. The summed E-state index contributed by atoms with van der Waals surface area (Å²) in [5.41, 5.74) is 0.862. The van der Waals surface area contributed by atoms with Gasteiger partial charge in [-0.25, -0.2) is 39.6 Å². The maximum atomic E-state index is 10.3. The number of cyclic esters (lactones) is 2. The van der Waals surface area contributed by atoms with Crippen molar-refractivity contribution in [2.75, 3.05) is 26.4 Å². The van der Waals surface area contributed by atoms with E-state index in [0.29, 0.717) is 31.3 Å². The molecule has 1 rings (SSSR count). The number of thiol groups is 3. The summed E-state index contributed by atoms with van der Waals surface area (Å²) < 4.78 is 78.7.